The number of halogens is 2. The first-order chi connectivity index (χ1) is 6.09. The molecule has 0 aliphatic carbocycles. The van der Waals surface area contributed by atoms with Crippen molar-refractivity contribution in [2.75, 3.05) is 7.05 Å². The predicted molar refractivity (Wildman–Crippen MR) is 59.9 cm³/mol. The number of hydrogen-bond acceptors (Lipinski definition) is 1. The lowest BCUT2D eigenvalue weighted by Gasteiger charge is -2.13. The van der Waals surface area contributed by atoms with Crippen molar-refractivity contribution in [3.8, 4) is 0 Å². The molecule has 0 spiro atoms. The van der Waals surface area contributed by atoms with Crippen LogP contribution in [-0.4, -0.2) is 16.8 Å². The van der Waals surface area contributed by atoms with E-state index in [-0.39, 0.29) is 4.82 Å². The molecule has 0 bridgehead atoms. The van der Waals surface area contributed by atoms with E-state index in [4.69, 9.17) is 0 Å². The third-order valence-corrected chi connectivity index (χ3v) is 2.77. The zero-order valence-corrected chi connectivity index (χ0v) is 10.3. The Morgan fingerprint density at radius 3 is 2.38 bits per heavy atom. The summed E-state index contributed by atoms with van der Waals surface area (Å²) in [6, 6.07) is 7.89. The summed E-state index contributed by atoms with van der Waals surface area (Å²) in [5.74, 6) is 0. The van der Waals surface area contributed by atoms with Gasteiger partial charge in [0, 0.05) is 34.0 Å². The molecule has 0 heterocycles. The Labute approximate surface area is 94.2 Å². The number of rotatable bonds is 2. The van der Waals surface area contributed by atoms with Gasteiger partial charge in [-0.05, 0) is 17.7 Å². The molecule has 0 radical (unpaired) electrons. The zero-order valence-electron chi connectivity index (χ0n) is 7.13. The molecule has 70 valence electrons. The summed E-state index contributed by atoms with van der Waals surface area (Å²) >= 11 is 6.24. The maximum atomic E-state index is 10.8. The van der Waals surface area contributed by atoms with E-state index in [1.807, 2.05) is 24.3 Å². The molecular weight excluding hydrogens is 298 g/mol. The van der Waals surface area contributed by atoms with Gasteiger partial charge in [0.1, 0.15) is 0 Å². The fourth-order valence-corrected chi connectivity index (χ4v) is 1.32. The van der Waals surface area contributed by atoms with Crippen LogP contribution < -0.4 is 0 Å². The van der Waals surface area contributed by atoms with Crippen molar-refractivity contribution in [1.29, 1.82) is 0 Å². The van der Waals surface area contributed by atoms with Gasteiger partial charge < -0.3 is 4.90 Å². The van der Waals surface area contributed by atoms with Gasteiger partial charge in [-0.15, -0.1) is 0 Å². The van der Waals surface area contributed by atoms with Crippen LogP contribution in [0.25, 0.3) is 0 Å². The summed E-state index contributed by atoms with van der Waals surface area (Å²) in [6.07, 6.45) is 0. The van der Waals surface area contributed by atoms with Gasteiger partial charge in [0.05, 0.1) is 0 Å². The highest BCUT2D eigenvalue weighted by Crippen LogP contribution is 2.12. The first-order valence-corrected chi connectivity index (χ1v) is 5.33. The van der Waals surface area contributed by atoms with Crippen LogP contribution in [0, 0.1) is 0 Å². The van der Waals surface area contributed by atoms with Crippen LogP contribution in [0.2, 0.25) is 0 Å². The third-order valence-electron chi connectivity index (χ3n) is 1.63. The smallest absolute Gasteiger partial charge is 0.289 e. The number of carbonyl (C=O) groups is 1. The monoisotopic (exact) mass is 305 g/mol. The highest BCUT2D eigenvalue weighted by Gasteiger charge is 2.03. The summed E-state index contributed by atoms with van der Waals surface area (Å²) in [5, 5.41) is 0. The largest absolute Gasteiger partial charge is 0.332 e. The normalized spacial score (nSPS) is 9.77. The van der Waals surface area contributed by atoms with Gasteiger partial charge in [-0.3, -0.25) is 4.79 Å². The summed E-state index contributed by atoms with van der Waals surface area (Å²) in [4.78, 5) is 12.3. The van der Waals surface area contributed by atoms with Gasteiger partial charge in [-0.25, -0.2) is 0 Å². The van der Waals surface area contributed by atoms with Crippen LogP contribution in [0.3, 0.4) is 0 Å². The Balaban J connectivity index is 2.64. The highest BCUT2D eigenvalue weighted by atomic mass is 79.9. The fraction of sp³-hybridized carbons (Fsp3) is 0.222. The van der Waals surface area contributed by atoms with E-state index in [1.54, 1.807) is 11.9 Å². The Hall–Kier alpha value is -0.350. The second-order valence-corrected chi connectivity index (χ2v) is 4.33. The summed E-state index contributed by atoms with van der Waals surface area (Å²) < 4.78 is 1.05. The quantitative estimate of drug-likeness (QED) is 0.606. The molecule has 1 aromatic rings. The Bertz CT molecular complexity index is 297. The summed E-state index contributed by atoms with van der Waals surface area (Å²) in [5.41, 5.74) is 1.11. The minimum Gasteiger partial charge on any atom is -0.332 e. The molecule has 1 rings (SSSR count). The summed E-state index contributed by atoms with van der Waals surface area (Å²) in [7, 11) is 1.75. The standard InChI is InChI=1S/C9H9Br2NO/c1-12(9(11)13)6-7-2-4-8(10)5-3-7/h2-5H,6H2,1H3. The number of benzene rings is 1. The van der Waals surface area contributed by atoms with Crippen molar-refractivity contribution < 1.29 is 4.79 Å². The van der Waals surface area contributed by atoms with Crippen molar-refractivity contribution in [1.82, 2.24) is 4.90 Å². The molecule has 0 unspecified atom stereocenters. The predicted octanol–water partition coefficient (Wildman–Crippen LogP) is 3.40. The molecule has 1 amide bonds. The van der Waals surface area contributed by atoms with E-state index >= 15 is 0 Å². The summed E-state index contributed by atoms with van der Waals surface area (Å²) in [6.45, 7) is 0.622. The molecule has 0 aromatic heterocycles. The lowest BCUT2D eigenvalue weighted by atomic mass is 10.2. The Kier molecular flexibility index (Phi) is 3.93. The molecule has 0 aliphatic heterocycles. The molecule has 13 heavy (non-hydrogen) atoms. The number of carbonyl (C=O) groups excluding carboxylic acids is 1. The van der Waals surface area contributed by atoms with E-state index in [0.717, 1.165) is 10.0 Å². The van der Waals surface area contributed by atoms with Crippen LogP contribution in [0.4, 0.5) is 4.79 Å². The third kappa shape index (κ3) is 3.48. The maximum Gasteiger partial charge on any atom is 0.289 e. The SMILES string of the molecule is CN(Cc1ccc(Br)cc1)C(=O)Br. The minimum absolute atomic E-state index is 0.101. The van der Waals surface area contributed by atoms with Crippen LogP contribution in [0.15, 0.2) is 28.7 Å². The van der Waals surface area contributed by atoms with E-state index in [1.165, 1.54) is 0 Å². The van der Waals surface area contributed by atoms with E-state index in [9.17, 15) is 4.79 Å². The molecule has 0 N–H and O–H groups in total. The lowest BCUT2D eigenvalue weighted by Crippen LogP contribution is -2.19. The Morgan fingerprint density at radius 1 is 1.38 bits per heavy atom. The van der Waals surface area contributed by atoms with Crippen LogP contribution in [-0.2, 0) is 6.54 Å². The zero-order chi connectivity index (χ0) is 9.84. The van der Waals surface area contributed by atoms with Gasteiger partial charge in [0.25, 0.3) is 4.82 Å². The van der Waals surface area contributed by atoms with Crippen molar-refractivity contribution in [2.45, 2.75) is 6.54 Å². The van der Waals surface area contributed by atoms with E-state index in [0.29, 0.717) is 6.54 Å². The topological polar surface area (TPSA) is 20.3 Å². The molecule has 0 saturated carbocycles. The van der Waals surface area contributed by atoms with Crippen molar-refractivity contribution in [3.63, 3.8) is 0 Å². The van der Waals surface area contributed by atoms with Gasteiger partial charge in [0.2, 0.25) is 0 Å². The number of amides is 1. The molecule has 0 atom stereocenters. The first-order valence-electron chi connectivity index (χ1n) is 3.74. The minimum atomic E-state index is -0.101. The highest BCUT2D eigenvalue weighted by molar-refractivity contribution is 9.18. The second-order valence-electron chi connectivity index (χ2n) is 2.74. The van der Waals surface area contributed by atoms with Crippen LogP contribution in [0.1, 0.15) is 5.56 Å². The molecule has 2 nitrogen and oxygen atoms in total. The fourth-order valence-electron chi connectivity index (χ4n) is 0.926. The van der Waals surface area contributed by atoms with Crippen molar-refractivity contribution in [3.05, 3.63) is 34.3 Å². The second kappa shape index (κ2) is 4.77. The van der Waals surface area contributed by atoms with Crippen molar-refractivity contribution >= 4 is 36.7 Å². The van der Waals surface area contributed by atoms with Crippen molar-refractivity contribution in [2.24, 2.45) is 0 Å². The van der Waals surface area contributed by atoms with Gasteiger partial charge in [-0.1, -0.05) is 28.1 Å². The molecule has 0 aliphatic rings. The van der Waals surface area contributed by atoms with Gasteiger partial charge in [0.15, 0.2) is 0 Å². The molecular formula is C9H9Br2NO. The van der Waals surface area contributed by atoms with Gasteiger partial charge >= 0.3 is 0 Å². The average Bonchev–Trinajstić information content (AvgIpc) is 2.08. The first kappa shape index (κ1) is 10.7. The van der Waals surface area contributed by atoms with Crippen LogP contribution >= 0.6 is 31.9 Å². The van der Waals surface area contributed by atoms with Crippen LogP contribution in [0.5, 0.6) is 0 Å². The molecule has 0 fully saturated rings. The van der Waals surface area contributed by atoms with Gasteiger partial charge in [-0.2, -0.15) is 0 Å². The number of nitrogens with zero attached hydrogens (tertiary/aromatic N) is 1. The van der Waals surface area contributed by atoms with E-state index < -0.39 is 0 Å². The van der Waals surface area contributed by atoms with E-state index in [2.05, 4.69) is 31.9 Å². The average molecular weight is 307 g/mol. The Morgan fingerprint density at radius 2 is 1.92 bits per heavy atom. The number of hydrogen-bond donors (Lipinski definition) is 0. The maximum absolute atomic E-state index is 10.8. The molecule has 4 heteroatoms. The molecule has 0 saturated heterocycles. The molecule has 1 aromatic carbocycles. The lowest BCUT2D eigenvalue weighted by molar-refractivity contribution is 0.233.